The molecule has 1 atom stereocenters. The van der Waals surface area contributed by atoms with E-state index in [-0.39, 0.29) is 5.41 Å². The maximum atomic E-state index is 7.22. The van der Waals surface area contributed by atoms with Crippen molar-refractivity contribution in [3.63, 3.8) is 0 Å². The topological polar surface area (TPSA) is 25.8 Å². The summed E-state index contributed by atoms with van der Waals surface area (Å²) in [5.41, 5.74) is 18.1. The van der Waals surface area contributed by atoms with Crippen molar-refractivity contribution in [3.8, 4) is 50.6 Å². The molecule has 0 aliphatic carbocycles. The second-order valence-corrected chi connectivity index (χ2v) is 25.9. The molecule has 2 aliphatic heterocycles. The summed E-state index contributed by atoms with van der Waals surface area (Å²) in [5.74, 6) is 1.64. The zero-order valence-corrected chi connectivity index (χ0v) is 39.7. The maximum absolute atomic E-state index is 7.22. The normalized spacial score (nSPS) is 15.3. The Hall–Kier alpha value is -6.82. The van der Waals surface area contributed by atoms with Gasteiger partial charge in [-0.3, -0.25) is 0 Å². The summed E-state index contributed by atoms with van der Waals surface area (Å²) in [6.45, 7) is 19.3. The van der Waals surface area contributed by atoms with Gasteiger partial charge in [0.2, 0.25) is 5.69 Å². The Labute approximate surface area is 383 Å². The fraction of sp³-hybridized carbons (Fsp3) is 0.200. The Bertz CT molecular complexity index is 3560. The predicted molar refractivity (Wildman–Crippen MR) is 271 cm³/mol. The van der Waals surface area contributed by atoms with Gasteiger partial charge in [-0.05, 0) is 100 Å². The molecule has 0 N–H and O–H groups in total. The van der Waals surface area contributed by atoms with Crippen molar-refractivity contribution in [2.75, 3.05) is 0 Å². The first kappa shape index (κ1) is 39.7. The molecule has 0 saturated heterocycles. The third-order valence-corrected chi connectivity index (χ3v) is 16.3. The van der Waals surface area contributed by atoms with Crippen molar-refractivity contribution >= 4 is 46.2 Å². The Morgan fingerprint density at radius 2 is 1.34 bits per heavy atom. The molecule has 5 heterocycles. The SMILES string of the molecule is CC(C)Cc1cc2[n+](cc1[Si](C)(C)C)C1(c3cc(C(C)(C)C)ccc3-2)c2ccc3c(oc4ccccc43)c2-c2n(-c3cc(-c4ccccc4)ccc3-c3ccccc3)c3ccccc3[n+]21. The zero-order chi connectivity index (χ0) is 44.6. The van der Waals surface area contributed by atoms with Crippen molar-refractivity contribution in [3.05, 3.63) is 192 Å². The van der Waals surface area contributed by atoms with Crippen LogP contribution >= 0.6 is 0 Å². The maximum Gasteiger partial charge on any atom is 0.364 e. The fourth-order valence-corrected chi connectivity index (χ4v) is 12.9. The summed E-state index contributed by atoms with van der Waals surface area (Å²) in [6, 6.07) is 61.1. The third kappa shape index (κ3) is 5.74. The van der Waals surface area contributed by atoms with E-state index < -0.39 is 13.7 Å². The number of hydrogen-bond acceptors (Lipinski definition) is 1. The molecule has 0 bridgehead atoms. The number of rotatable bonds is 6. The Balaban J connectivity index is 1.32. The van der Waals surface area contributed by atoms with Crippen LogP contribution in [0.5, 0.6) is 0 Å². The van der Waals surface area contributed by atoms with Crippen LogP contribution in [0.3, 0.4) is 0 Å². The van der Waals surface area contributed by atoms with Crippen LogP contribution in [0.1, 0.15) is 56.9 Å². The van der Waals surface area contributed by atoms with E-state index in [9.17, 15) is 0 Å². The molecule has 4 nitrogen and oxygen atoms in total. The van der Waals surface area contributed by atoms with Gasteiger partial charge in [0, 0.05) is 27.6 Å². The van der Waals surface area contributed by atoms with Gasteiger partial charge in [0.25, 0.3) is 0 Å². The summed E-state index contributed by atoms with van der Waals surface area (Å²) in [6.07, 6.45) is 3.64. The lowest BCUT2D eigenvalue weighted by atomic mass is 9.82. The lowest BCUT2D eigenvalue weighted by Crippen LogP contribution is -2.72. The number of imidazole rings is 1. The molecule has 3 aromatic heterocycles. The van der Waals surface area contributed by atoms with Crippen molar-refractivity contribution in [1.29, 1.82) is 0 Å². The predicted octanol–water partition coefficient (Wildman–Crippen LogP) is 13.7. The van der Waals surface area contributed by atoms with Gasteiger partial charge in [0.1, 0.15) is 16.8 Å². The number of nitrogens with zero attached hydrogens (tertiary/aromatic N) is 3. The molecule has 1 spiro atoms. The molecular weight excluding hydrogens is 807 g/mol. The highest BCUT2D eigenvalue weighted by molar-refractivity contribution is 6.89. The Morgan fingerprint density at radius 3 is 2.08 bits per heavy atom. The van der Waals surface area contributed by atoms with E-state index in [0.29, 0.717) is 5.92 Å². The van der Waals surface area contributed by atoms with Gasteiger partial charge >= 0.3 is 11.5 Å². The number of benzene rings is 7. The van der Waals surface area contributed by atoms with Crippen LogP contribution in [0.4, 0.5) is 0 Å². The van der Waals surface area contributed by atoms with Crippen molar-refractivity contribution < 1.29 is 13.6 Å². The van der Waals surface area contributed by atoms with Gasteiger partial charge in [0.15, 0.2) is 22.8 Å². The molecule has 7 aromatic carbocycles. The van der Waals surface area contributed by atoms with E-state index in [4.69, 9.17) is 4.42 Å². The largest absolute Gasteiger partial charge is 0.455 e. The van der Waals surface area contributed by atoms with E-state index in [1.807, 2.05) is 0 Å². The van der Waals surface area contributed by atoms with Crippen LogP contribution in [-0.4, -0.2) is 12.6 Å². The molecule has 12 rings (SSSR count). The highest BCUT2D eigenvalue weighted by Gasteiger charge is 2.67. The Kier molecular flexibility index (Phi) is 8.61. The summed E-state index contributed by atoms with van der Waals surface area (Å²) in [5, 5.41) is 3.78. The monoisotopic (exact) mass is 861 g/mol. The molecular formula is C60H55N3OSi+2. The highest BCUT2D eigenvalue weighted by Crippen LogP contribution is 2.53. The number of pyridine rings is 1. The smallest absolute Gasteiger partial charge is 0.364 e. The fourth-order valence-electron chi connectivity index (χ4n) is 11.3. The number of para-hydroxylation sites is 3. The van der Waals surface area contributed by atoms with E-state index in [0.717, 1.165) is 51.0 Å². The minimum atomic E-state index is -1.89. The van der Waals surface area contributed by atoms with Crippen LogP contribution in [0.2, 0.25) is 19.6 Å². The first-order valence-electron chi connectivity index (χ1n) is 23.4. The molecule has 10 aromatic rings. The van der Waals surface area contributed by atoms with Crippen molar-refractivity contribution in [1.82, 2.24) is 4.57 Å². The summed E-state index contributed by atoms with van der Waals surface area (Å²) < 4.78 is 15.2. The quantitative estimate of drug-likeness (QED) is 0.121. The van der Waals surface area contributed by atoms with Crippen LogP contribution in [0.15, 0.2) is 174 Å². The minimum Gasteiger partial charge on any atom is -0.455 e. The van der Waals surface area contributed by atoms with E-state index in [1.54, 1.807) is 0 Å². The van der Waals surface area contributed by atoms with Crippen LogP contribution < -0.4 is 14.3 Å². The number of fused-ring (bicyclic) bond motifs is 16. The van der Waals surface area contributed by atoms with Gasteiger partial charge in [0.05, 0.1) is 24.8 Å². The van der Waals surface area contributed by atoms with Crippen molar-refractivity contribution in [2.45, 2.75) is 71.8 Å². The second kappa shape index (κ2) is 14.1. The van der Waals surface area contributed by atoms with Crippen LogP contribution in [0.25, 0.3) is 83.6 Å². The summed E-state index contributed by atoms with van der Waals surface area (Å²) >= 11 is 0. The summed E-state index contributed by atoms with van der Waals surface area (Å²) in [7, 11) is -1.89. The van der Waals surface area contributed by atoms with Gasteiger partial charge in [-0.15, -0.1) is 9.13 Å². The van der Waals surface area contributed by atoms with Crippen LogP contribution in [0, 0.1) is 5.92 Å². The summed E-state index contributed by atoms with van der Waals surface area (Å²) in [4.78, 5) is 0. The highest BCUT2D eigenvalue weighted by atomic mass is 28.3. The van der Waals surface area contributed by atoms with E-state index >= 15 is 0 Å². The van der Waals surface area contributed by atoms with Crippen molar-refractivity contribution in [2.24, 2.45) is 5.92 Å². The third-order valence-electron chi connectivity index (χ3n) is 14.2. The van der Waals surface area contributed by atoms with Gasteiger partial charge in [-0.1, -0.05) is 157 Å². The van der Waals surface area contributed by atoms with E-state index in [1.165, 1.54) is 66.5 Å². The van der Waals surface area contributed by atoms with Gasteiger partial charge in [-0.2, -0.15) is 4.57 Å². The molecule has 0 amide bonds. The molecule has 2 aliphatic rings. The molecule has 0 saturated carbocycles. The standard InChI is InChI=1S/C60H55N3OSi/c1-38(2)33-42-35-52-47-30-28-43(59(3,4)5)36-49(47)60(61(52)37-55(42)65(6,7)8)48-32-31-46-45-23-15-18-26-54(45)64-57(46)56(48)58-62(50-24-16-17-25-51(50)63(58)60)53-34-41(39-19-11-9-12-20-39)27-29-44(53)40-21-13-10-14-22-40/h9-32,34-38H,33H2,1-8H3/q+2. The molecule has 0 fully saturated rings. The average molecular weight is 862 g/mol. The number of hydrogen-bond donors (Lipinski definition) is 0. The zero-order valence-electron chi connectivity index (χ0n) is 38.7. The lowest BCUT2D eigenvalue weighted by Gasteiger charge is -2.25. The molecule has 65 heavy (non-hydrogen) atoms. The average Bonchev–Trinajstić information content (AvgIpc) is 4.01. The van der Waals surface area contributed by atoms with E-state index in [2.05, 4.69) is 238 Å². The first-order chi connectivity index (χ1) is 31.3. The van der Waals surface area contributed by atoms with Gasteiger partial charge < -0.3 is 4.42 Å². The molecule has 318 valence electrons. The second-order valence-electron chi connectivity index (χ2n) is 20.9. The Morgan fingerprint density at radius 1 is 0.646 bits per heavy atom. The lowest BCUT2D eigenvalue weighted by molar-refractivity contribution is -0.944. The number of aromatic nitrogens is 3. The first-order valence-corrected chi connectivity index (χ1v) is 26.9. The minimum absolute atomic E-state index is 0.0734. The van der Waals surface area contributed by atoms with Gasteiger partial charge in [-0.25, -0.2) is 0 Å². The van der Waals surface area contributed by atoms with Crippen LogP contribution in [-0.2, 0) is 17.5 Å². The number of furan rings is 1. The molecule has 5 heteroatoms. The molecule has 0 radical (unpaired) electrons. The molecule has 1 unspecified atom stereocenters.